The molecule has 34 heavy (non-hydrogen) atoms. The first-order chi connectivity index (χ1) is 16.2. The first-order valence-corrected chi connectivity index (χ1v) is 11.5. The molecular weight excluding hydrogens is 473 g/mol. The second-order valence-corrected chi connectivity index (χ2v) is 9.28. The molecule has 0 bridgehead atoms. The highest BCUT2D eigenvalue weighted by Crippen LogP contribution is 2.43. The molecule has 1 saturated heterocycles. The number of nitrogens with zero attached hydrogens (tertiary/aromatic N) is 1. The van der Waals surface area contributed by atoms with Crippen LogP contribution in [0.3, 0.4) is 0 Å². The number of amides is 1. The summed E-state index contributed by atoms with van der Waals surface area (Å²) in [6.07, 6.45) is -0.0668. The van der Waals surface area contributed by atoms with Gasteiger partial charge in [-0.25, -0.2) is 0 Å². The lowest BCUT2D eigenvalue weighted by molar-refractivity contribution is -0.132. The van der Waals surface area contributed by atoms with Gasteiger partial charge in [0.05, 0.1) is 17.7 Å². The molecule has 1 amide bonds. The van der Waals surface area contributed by atoms with E-state index in [4.69, 9.17) is 27.9 Å². The standard InChI is InChI=1S/C27H23Cl2NO4/c1-15(2)34-22-9-5-8-18(11-22)25(31)23-24(17-7-4-6-16(3)10-17)30(27(33)26(23)32)21-13-19(28)12-20(29)14-21/h4-15,24,31H,1-3H3/b25-23+. The van der Waals surface area contributed by atoms with Crippen LogP contribution < -0.4 is 9.64 Å². The molecular formula is C27H23Cl2NO4. The second kappa shape index (κ2) is 9.53. The van der Waals surface area contributed by atoms with Crippen molar-refractivity contribution in [1.29, 1.82) is 0 Å². The Labute approximate surface area is 208 Å². The predicted molar refractivity (Wildman–Crippen MR) is 135 cm³/mol. The summed E-state index contributed by atoms with van der Waals surface area (Å²) in [6.45, 7) is 5.70. The van der Waals surface area contributed by atoms with E-state index in [1.807, 2.05) is 45.0 Å². The minimum atomic E-state index is -0.871. The first-order valence-electron chi connectivity index (χ1n) is 10.8. The molecule has 1 aliphatic rings. The van der Waals surface area contributed by atoms with Crippen LogP contribution in [0, 0.1) is 6.92 Å². The monoisotopic (exact) mass is 495 g/mol. The zero-order valence-electron chi connectivity index (χ0n) is 18.9. The molecule has 3 aromatic rings. The van der Waals surface area contributed by atoms with Crippen LogP contribution in [-0.2, 0) is 9.59 Å². The van der Waals surface area contributed by atoms with Crippen LogP contribution in [0.2, 0.25) is 10.0 Å². The zero-order chi connectivity index (χ0) is 24.6. The van der Waals surface area contributed by atoms with Crippen molar-refractivity contribution < 1.29 is 19.4 Å². The van der Waals surface area contributed by atoms with Crippen LogP contribution in [-0.4, -0.2) is 22.9 Å². The summed E-state index contributed by atoms with van der Waals surface area (Å²) in [4.78, 5) is 27.9. The lowest BCUT2D eigenvalue weighted by Gasteiger charge is -2.26. The highest BCUT2D eigenvalue weighted by atomic mass is 35.5. The van der Waals surface area contributed by atoms with Gasteiger partial charge >= 0.3 is 0 Å². The molecule has 7 heteroatoms. The summed E-state index contributed by atoms with van der Waals surface area (Å²) in [6, 6.07) is 18.1. The number of hydrogen-bond donors (Lipinski definition) is 1. The fourth-order valence-corrected chi connectivity index (χ4v) is 4.59. The van der Waals surface area contributed by atoms with Crippen molar-refractivity contribution >= 4 is 46.3 Å². The van der Waals surface area contributed by atoms with Crippen molar-refractivity contribution in [2.45, 2.75) is 32.9 Å². The number of hydrogen-bond acceptors (Lipinski definition) is 4. The van der Waals surface area contributed by atoms with Crippen LogP contribution in [0.25, 0.3) is 5.76 Å². The number of ether oxygens (including phenoxy) is 1. The Morgan fingerprint density at radius 2 is 1.65 bits per heavy atom. The average molecular weight is 496 g/mol. The van der Waals surface area contributed by atoms with Crippen molar-refractivity contribution in [2.24, 2.45) is 0 Å². The van der Waals surface area contributed by atoms with Crippen molar-refractivity contribution in [1.82, 2.24) is 0 Å². The first kappa shape index (κ1) is 23.9. The molecule has 1 N–H and O–H groups in total. The lowest BCUT2D eigenvalue weighted by atomic mass is 9.94. The maximum atomic E-state index is 13.3. The Hall–Kier alpha value is -3.28. The largest absolute Gasteiger partial charge is 0.507 e. The van der Waals surface area contributed by atoms with E-state index in [2.05, 4.69) is 0 Å². The molecule has 174 valence electrons. The van der Waals surface area contributed by atoms with Gasteiger partial charge in [0.25, 0.3) is 11.7 Å². The van der Waals surface area contributed by atoms with E-state index >= 15 is 0 Å². The van der Waals surface area contributed by atoms with E-state index in [0.717, 1.165) is 5.56 Å². The maximum absolute atomic E-state index is 13.3. The van der Waals surface area contributed by atoms with Crippen LogP contribution in [0.5, 0.6) is 5.75 Å². The third kappa shape index (κ3) is 4.67. The maximum Gasteiger partial charge on any atom is 0.300 e. The number of halogens is 2. The summed E-state index contributed by atoms with van der Waals surface area (Å²) in [7, 11) is 0. The van der Waals surface area contributed by atoms with E-state index in [-0.39, 0.29) is 17.4 Å². The highest BCUT2D eigenvalue weighted by Gasteiger charge is 2.47. The molecule has 1 fully saturated rings. The molecule has 0 spiro atoms. The van der Waals surface area contributed by atoms with Crippen molar-refractivity contribution in [3.8, 4) is 5.75 Å². The molecule has 5 nitrogen and oxygen atoms in total. The molecule has 1 atom stereocenters. The molecule has 1 heterocycles. The number of aryl methyl sites for hydroxylation is 1. The van der Waals surface area contributed by atoms with Gasteiger partial charge in [-0.15, -0.1) is 0 Å². The molecule has 1 unspecified atom stereocenters. The lowest BCUT2D eigenvalue weighted by Crippen LogP contribution is -2.29. The molecule has 0 saturated carbocycles. The Kier molecular flexibility index (Phi) is 6.69. The Morgan fingerprint density at radius 3 is 2.29 bits per heavy atom. The van der Waals surface area contributed by atoms with Gasteiger partial charge < -0.3 is 9.84 Å². The Balaban J connectivity index is 1.94. The summed E-state index contributed by atoms with van der Waals surface area (Å²) in [5.41, 5.74) is 2.33. The van der Waals surface area contributed by atoms with Crippen molar-refractivity contribution in [3.63, 3.8) is 0 Å². The third-order valence-corrected chi connectivity index (χ3v) is 5.84. The van der Waals surface area contributed by atoms with E-state index in [1.54, 1.807) is 42.5 Å². The number of aliphatic hydroxyl groups excluding tert-OH is 1. The van der Waals surface area contributed by atoms with E-state index in [1.165, 1.54) is 4.90 Å². The van der Waals surface area contributed by atoms with Crippen molar-refractivity contribution in [2.75, 3.05) is 4.90 Å². The van der Waals surface area contributed by atoms with Crippen LogP contribution in [0.15, 0.2) is 72.3 Å². The zero-order valence-corrected chi connectivity index (χ0v) is 20.4. The number of carbonyl (C=O) groups is 2. The van der Waals surface area contributed by atoms with Crippen LogP contribution in [0.1, 0.15) is 36.6 Å². The number of Topliss-reactive ketones (excluding diaryl/α,β-unsaturated/α-hetero) is 1. The summed E-state index contributed by atoms with van der Waals surface area (Å²) in [5, 5.41) is 12.0. The molecule has 0 radical (unpaired) electrons. The Morgan fingerprint density at radius 1 is 0.971 bits per heavy atom. The number of aliphatic hydroxyl groups is 1. The fourth-order valence-electron chi connectivity index (χ4n) is 4.08. The SMILES string of the molecule is Cc1cccc(C2/C(=C(\O)c3cccc(OC(C)C)c3)C(=O)C(=O)N2c2cc(Cl)cc(Cl)c2)c1. The quantitative estimate of drug-likeness (QED) is 0.242. The van der Waals surface area contributed by atoms with Gasteiger partial charge in [0.1, 0.15) is 11.5 Å². The van der Waals surface area contributed by atoms with Gasteiger partial charge in [0.2, 0.25) is 0 Å². The van der Waals surface area contributed by atoms with Gasteiger partial charge in [-0.2, -0.15) is 0 Å². The van der Waals surface area contributed by atoms with Gasteiger partial charge in [-0.05, 0) is 56.7 Å². The van der Waals surface area contributed by atoms with Gasteiger partial charge in [0.15, 0.2) is 0 Å². The molecule has 4 rings (SSSR count). The number of benzene rings is 3. The van der Waals surface area contributed by atoms with E-state index in [9.17, 15) is 14.7 Å². The highest BCUT2D eigenvalue weighted by molar-refractivity contribution is 6.52. The fraction of sp³-hybridized carbons (Fsp3) is 0.185. The summed E-state index contributed by atoms with van der Waals surface area (Å²) in [5.74, 6) is -1.31. The molecule has 0 aromatic heterocycles. The number of ketones is 1. The number of anilines is 1. The van der Waals surface area contributed by atoms with Crippen molar-refractivity contribution in [3.05, 3.63) is 99.0 Å². The second-order valence-electron chi connectivity index (χ2n) is 8.41. The summed E-state index contributed by atoms with van der Waals surface area (Å²) < 4.78 is 5.73. The number of rotatable bonds is 5. The molecule has 3 aromatic carbocycles. The third-order valence-electron chi connectivity index (χ3n) is 5.41. The smallest absolute Gasteiger partial charge is 0.300 e. The van der Waals surface area contributed by atoms with Gasteiger partial charge in [-0.1, -0.05) is 65.2 Å². The van der Waals surface area contributed by atoms with Gasteiger partial charge in [0, 0.05) is 21.3 Å². The topological polar surface area (TPSA) is 66.8 Å². The number of carbonyl (C=O) groups excluding carboxylic acids is 2. The molecule has 1 aliphatic heterocycles. The van der Waals surface area contributed by atoms with Crippen LogP contribution >= 0.6 is 23.2 Å². The predicted octanol–water partition coefficient (Wildman–Crippen LogP) is 6.72. The van der Waals surface area contributed by atoms with Gasteiger partial charge in [-0.3, -0.25) is 14.5 Å². The van der Waals surface area contributed by atoms with E-state index in [0.29, 0.717) is 32.6 Å². The average Bonchev–Trinajstić information content (AvgIpc) is 3.03. The Bertz CT molecular complexity index is 1300. The van der Waals surface area contributed by atoms with Crippen LogP contribution in [0.4, 0.5) is 5.69 Å². The molecule has 0 aliphatic carbocycles. The minimum Gasteiger partial charge on any atom is -0.507 e. The summed E-state index contributed by atoms with van der Waals surface area (Å²) >= 11 is 12.4. The normalized spacial score (nSPS) is 17.5. The van der Waals surface area contributed by atoms with E-state index < -0.39 is 17.7 Å². The minimum absolute atomic E-state index is 0.0200.